The summed E-state index contributed by atoms with van der Waals surface area (Å²) in [6.07, 6.45) is 2.75. The number of alkyl halides is 1. The van der Waals surface area contributed by atoms with Crippen molar-refractivity contribution in [2.24, 2.45) is 0 Å². The van der Waals surface area contributed by atoms with Gasteiger partial charge in [-0.25, -0.2) is 4.79 Å². The number of ether oxygens (including phenoxy) is 3. The first-order chi connectivity index (χ1) is 9.92. The first-order valence-corrected chi connectivity index (χ1v) is 7.69. The fourth-order valence-corrected chi connectivity index (χ4v) is 2.01. The van der Waals surface area contributed by atoms with Gasteiger partial charge in [-0.15, -0.1) is 0 Å². The SMILES string of the molecule is CC(C)(C)OC(=O)N(CCCF)CCOC1CCCCO1. The second-order valence-corrected chi connectivity index (χ2v) is 6.18. The largest absolute Gasteiger partial charge is 0.444 e. The second-order valence-electron chi connectivity index (χ2n) is 6.18. The Hall–Kier alpha value is -0.880. The van der Waals surface area contributed by atoms with Gasteiger partial charge in [0, 0.05) is 19.7 Å². The minimum absolute atomic E-state index is 0.180. The Labute approximate surface area is 126 Å². The van der Waals surface area contributed by atoms with Crippen LogP contribution in [0.15, 0.2) is 0 Å². The van der Waals surface area contributed by atoms with Gasteiger partial charge in [0.15, 0.2) is 6.29 Å². The molecule has 1 saturated heterocycles. The maximum absolute atomic E-state index is 12.3. The average Bonchev–Trinajstić information content (AvgIpc) is 2.41. The molecular formula is C15H28FNO4. The smallest absolute Gasteiger partial charge is 0.410 e. The number of carbonyl (C=O) groups is 1. The highest BCUT2D eigenvalue weighted by Crippen LogP contribution is 2.14. The predicted octanol–water partition coefficient (Wildman–Crippen LogP) is 3.13. The maximum Gasteiger partial charge on any atom is 0.410 e. The third-order valence-corrected chi connectivity index (χ3v) is 3.02. The molecule has 124 valence electrons. The monoisotopic (exact) mass is 305 g/mol. The predicted molar refractivity (Wildman–Crippen MR) is 77.9 cm³/mol. The van der Waals surface area contributed by atoms with E-state index in [0.29, 0.717) is 26.1 Å². The maximum atomic E-state index is 12.3. The Morgan fingerprint density at radius 3 is 2.67 bits per heavy atom. The van der Waals surface area contributed by atoms with Gasteiger partial charge in [0.05, 0.1) is 13.3 Å². The highest BCUT2D eigenvalue weighted by atomic mass is 19.1. The molecule has 0 aromatic carbocycles. The van der Waals surface area contributed by atoms with E-state index in [2.05, 4.69) is 0 Å². The van der Waals surface area contributed by atoms with E-state index < -0.39 is 18.4 Å². The molecule has 0 spiro atoms. The summed E-state index contributed by atoms with van der Waals surface area (Å²) in [6, 6.07) is 0. The number of nitrogens with zero attached hydrogens (tertiary/aromatic N) is 1. The lowest BCUT2D eigenvalue weighted by Gasteiger charge is -2.28. The first-order valence-electron chi connectivity index (χ1n) is 7.69. The van der Waals surface area contributed by atoms with Crippen LogP contribution >= 0.6 is 0 Å². The summed E-state index contributed by atoms with van der Waals surface area (Å²) >= 11 is 0. The zero-order valence-electron chi connectivity index (χ0n) is 13.4. The summed E-state index contributed by atoms with van der Waals surface area (Å²) in [5.74, 6) is 0. The summed E-state index contributed by atoms with van der Waals surface area (Å²) in [5, 5.41) is 0. The lowest BCUT2D eigenvalue weighted by Crippen LogP contribution is -2.40. The fourth-order valence-electron chi connectivity index (χ4n) is 2.01. The summed E-state index contributed by atoms with van der Waals surface area (Å²) in [5.41, 5.74) is -0.557. The van der Waals surface area contributed by atoms with E-state index in [1.54, 1.807) is 0 Å². The van der Waals surface area contributed by atoms with Gasteiger partial charge in [-0.3, -0.25) is 4.39 Å². The normalized spacial score (nSPS) is 19.3. The molecule has 1 aliphatic heterocycles. The van der Waals surface area contributed by atoms with Crippen LogP contribution in [-0.2, 0) is 14.2 Å². The fraction of sp³-hybridized carbons (Fsp3) is 0.933. The summed E-state index contributed by atoms with van der Waals surface area (Å²) in [7, 11) is 0. The summed E-state index contributed by atoms with van der Waals surface area (Å²) in [4.78, 5) is 13.5. The molecule has 1 rings (SSSR count). The van der Waals surface area contributed by atoms with Crippen molar-refractivity contribution < 1.29 is 23.4 Å². The molecule has 6 heteroatoms. The van der Waals surface area contributed by atoms with Gasteiger partial charge in [0.25, 0.3) is 0 Å². The zero-order valence-corrected chi connectivity index (χ0v) is 13.4. The molecule has 1 unspecified atom stereocenters. The molecule has 0 bridgehead atoms. The number of hydrogen-bond donors (Lipinski definition) is 0. The van der Waals surface area contributed by atoms with Crippen LogP contribution in [0.4, 0.5) is 9.18 Å². The Kier molecular flexibility index (Phi) is 7.96. The van der Waals surface area contributed by atoms with E-state index in [-0.39, 0.29) is 6.29 Å². The van der Waals surface area contributed by atoms with Crippen molar-refractivity contribution in [2.75, 3.05) is 33.0 Å². The molecule has 1 fully saturated rings. The van der Waals surface area contributed by atoms with Gasteiger partial charge in [-0.1, -0.05) is 0 Å². The van der Waals surface area contributed by atoms with Gasteiger partial charge >= 0.3 is 6.09 Å². The second kappa shape index (κ2) is 9.20. The van der Waals surface area contributed by atoms with Crippen LogP contribution in [0.2, 0.25) is 0 Å². The van der Waals surface area contributed by atoms with Crippen molar-refractivity contribution >= 4 is 6.09 Å². The van der Waals surface area contributed by atoms with Gasteiger partial charge in [-0.05, 0) is 46.5 Å². The summed E-state index contributed by atoms with van der Waals surface area (Å²) in [6.45, 7) is 6.79. The van der Waals surface area contributed by atoms with Gasteiger partial charge in [-0.2, -0.15) is 0 Å². The molecule has 0 saturated carbocycles. The Morgan fingerprint density at radius 1 is 1.33 bits per heavy atom. The van der Waals surface area contributed by atoms with Crippen molar-refractivity contribution in [2.45, 2.75) is 58.3 Å². The molecule has 5 nitrogen and oxygen atoms in total. The van der Waals surface area contributed by atoms with Gasteiger partial charge in [0.2, 0.25) is 0 Å². The lowest BCUT2D eigenvalue weighted by atomic mass is 10.2. The Morgan fingerprint density at radius 2 is 2.10 bits per heavy atom. The van der Waals surface area contributed by atoms with E-state index in [1.165, 1.54) is 4.90 Å². The van der Waals surface area contributed by atoms with E-state index in [4.69, 9.17) is 14.2 Å². The molecule has 0 N–H and O–H groups in total. The summed E-state index contributed by atoms with van der Waals surface area (Å²) < 4.78 is 28.7. The van der Waals surface area contributed by atoms with Crippen LogP contribution in [0.1, 0.15) is 46.5 Å². The minimum atomic E-state index is -0.557. The average molecular weight is 305 g/mol. The number of halogens is 1. The van der Waals surface area contributed by atoms with Crippen LogP contribution in [0, 0.1) is 0 Å². The molecule has 1 atom stereocenters. The van der Waals surface area contributed by atoms with Crippen LogP contribution in [-0.4, -0.2) is 55.9 Å². The van der Waals surface area contributed by atoms with Crippen molar-refractivity contribution in [1.82, 2.24) is 4.90 Å². The number of hydrogen-bond acceptors (Lipinski definition) is 4. The minimum Gasteiger partial charge on any atom is -0.444 e. The van der Waals surface area contributed by atoms with E-state index in [0.717, 1.165) is 25.9 Å². The Balaban J connectivity index is 2.35. The van der Waals surface area contributed by atoms with Crippen molar-refractivity contribution in [1.29, 1.82) is 0 Å². The molecular weight excluding hydrogens is 277 g/mol. The van der Waals surface area contributed by atoms with E-state index in [9.17, 15) is 9.18 Å². The first kappa shape index (κ1) is 18.2. The van der Waals surface area contributed by atoms with Gasteiger partial charge in [0.1, 0.15) is 5.60 Å². The van der Waals surface area contributed by atoms with E-state index >= 15 is 0 Å². The topological polar surface area (TPSA) is 48.0 Å². The third-order valence-electron chi connectivity index (χ3n) is 3.02. The molecule has 0 aliphatic carbocycles. The molecule has 0 aromatic heterocycles. The number of amides is 1. The van der Waals surface area contributed by atoms with Crippen molar-refractivity contribution in [3.63, 3.8) is 0 Å². The van der Waals surface area contributed by atoms with Gasteiger partial charge < -0.3 is 19.1 Å². The molecule has 21 heavy (non-hydrogen) atoms. The van der Waals surface area contributed by atoms with Crippen LogP contribution in [0.5, 0.6) is 0 Å². The van der Waals surface area contributed by atoms with Crippen LogP contribution in [0.3, 0.4) is 0 Å². The molecule has 1 aliphatic rings. The molecule has 0 aromatic rings. The molecule has 0 radical (unpaired) electrons. The lowest BCUT2D eigenvalue weighted by molar-refractivity contribution is -0.163. The Bertz CT molecular complexity index is 301. The third kappa shape index (κ3) is 8.21. The molecule has 1 heterocycles. The van der Waals surface area contributed by atoms with Crippen LogP contribution < -0.4 is 0 Å². The standard InChI is InChI=1S/C15H28FNO4/c1-15(2,3)21-14(18)17(9-6-8-16)10-12-20-13-7-4-5-11-19-13/h13H,4-12H2,1-3H3. The highest BCUT2D eigenvalue weighted by Gasteiger charge is 2.22. The zero-order chi connectivity index (χ0) is 15.7. The molecule has 1 amide bonds. The van der Waals surface area contributed by atoms with Crippen molar-refractivity contribution in [3.8, 4) is 0 Å². The van der Waals surface area contributed by atoms with E-state index in [1.807, 2.05) is 20.8 Å². The highest BCUT2D eigenvalue weighted by molar-refractivity contribution is 5.68. The number of carbonyl (C=O) groups excluding carboxylic acids is 1. The van der Waals surface area contributed by atoms with Crippen molar-refractivity contribution in [3.05, 3.63) is 0 Å². The number of rotatable bonds is 7. The quantitative estimate of drug-likeness (QED) is 0.725. The van der Waals surface area contributed by atoms with Crippen LogP contribution in [0.25, 0.3) is 0 Å².